The van der Waals surface area contributed by atoms with Gasteiger partial charge in [-0.05, 0) is 0 Å². The number of hydrogen-bond acceptors (Lipinski definition) is 7. The Morgan fingerprint density at radius 3 is 1.23 bits per heavy atom. The van der Waals surface area contributed by atoms with Crippen LogP contribution in [0.2, 0.25) is 0 Å². The first-order valence-corrected chi connectivity index (χ1v) is 3.71. The minimum absolute atomic E-state index is 1.53. The summed E-state index contributed by atoms with van der Waals surface area (Å²) in [6.45, 7) is 0. The standard InChI is InChI=1S/C6H12O7/c7-1-2(8)4(10)6(13-12)5(11)3(1)9/h1-12H/t1?,2-,3+,4-,5-,6?/m0/s1. The van der Waals surface area contributed by atoms with Gasteiger partial charge in [0.1, 0.15) is 36.6 Å². The van der Waals surface area contributed by atoms with E-state index >= 15 is 0 Å². The summed E-state index contributed by atoms with van der Waals surface area (Å²) in [6.07, 6.45) is -9.85. The van der Waals surface area contributed by atoms with Crippen LogP contribution in [0.15, 0.2) is 0 Å². The molecule has 1 rings (SSSR count). The van der Waals surface area contributed by atoms with Gasteiger partial charge < -0.3 is 25.5 Å². The molecule has 0 spiro atoms. The van der Waals surface area contributed by atoms with E-state index < -0.39 is 36.6 Å². The van der Waals surface area contributed by atoms with Gasteiger partial charge in [0.2, 0.25) is 0 Å². The van der Waals surface area contributed by atoms with Crippen LogP contribution >= 0.6 is 0 Å². The molecule has 1 aliphatic carbocycles. The Balaban J connectivity index is 2.79. The average Bonchev–Trinajstić information content (AvgIpc) is 2.13. The minimum atomic E-state index is -1.67. The molecule has 0 radical (unpaired) electrons. The Morgan fingerprint density at radius 1 is 0.615 bits per heavy atom. The second kappa shape index (κ2) is 3.84. The first-order chi connectivity index (χ1) is 6.00. The minimum Gasteiger partial charge on any atom is -0.387 e. The van der Waals surface area contributed by atoms with Gasteiger partial charge in [0.25, 0.3) is 0 Å². The van der Waals surface area contributed by atoms with Crippen LogP contribution in [-0.2, 0) is 4.89 Å². The Morgan fingerprint density at radius 2 is 0.923 bits per heavy atom. The van der Waals surface area contributed by atoms with Gasteiger partial charge in [0, 0.05) is 0 Å². The van der Waals surface area contributed by atoms with E-state index in [9.17, 15) is 0 Å². The largest absolute Gasteiger partial charge is 0.387 e. The molecule has 0 amide bonds. The van der Waals surface area contributed by atoms with Crippen molar-refractivity contribution < 1.29 is 35.7 Å². The number of rotatable bonds is 1. The summed E-state index contributed by atoms with van der Waals surface area (Å²) < 4.78 is 0. The van der Waals surface area contributed by atoms with Crippen molar-refractivity contribution in [3.05, 3.63) is 0 Å². The monoisotopic (exact) mass is 196 g/mol. The smallest absolute Gasteiger partial charge is 0.149 e. The van der Waals surface area contributed by atoms with Crippen molar-refractivity contribution in [2.24, 2.45) is 0 Å². The molecule has 1 saturated carbocycles. The molecule has 0 aromatic heterocycles. The van der Waals surface area contributed by atoms with Gasteiger partial charge >= 0.3 is 0 Å². The second-order valence-corrected chi connectivity index (χ2v) is 3.02. The summed E-state index contributed by atoms with van der Waals surface area (Å²) in [5, 5.41) is 53.7. The zero-order valence-electron chi connectivity index (χ0n) is 6.56. The molecule has 78 valence electrons. The SMILES string of the molecule is OOC1[C@@H](O)[C@H](O)C(O)[C@H](O)[C@@H]1O. The predicted molar refractivity (Wildman–Crippen MR) is 37.5 cm³/mol. The van der Waals surface area contributed by atoms with Crippen LogP contribution in [0, 0.1) is 0 Å². The van der Waals surface area contributed by atoms with Gasteiger partial charge in [-0.15, -0.1) is 0 Å². The van der Waals surface area contributed by atoms with Gasteiger partial charge in [-0.1, -0.05) is 0 Å². The van der Waals surface area contributed by atoms with Crippen molar-refractivity contribution in [2.75, 3.05) is 0 Å². The number of hydrogen-bond donors (Lipinski definition) is 6. The zero-order chi connectivity index (χ0) is 10.2. The fraction of sp³-hybridized carbons (Fsp3) is 1.00. The molecule has 6 N–H and O–H groups in total. The van der Waals surface area contributed by atoms with Crippen molar-refractivity contribution in [3.8, 4) is 0 Å². The van der Waals surface area contributed by atoms with E-state index in [1.807, 2.05) is 0 Å². The highest BCUT2D eigenvalue weighted by Crippen LogP contribution is 2.22. The summed E-state index contributed by atoms with van der Waals surface area (Å²) in [5.74, 6) is 0. The molecule has 1 fully saturated rings. The van der Waals surface area contributed by atoms with Gasteiger partial charge in [-0.3, -0.25) is 5.26 Å². The molecule has 0 aliphatic heterocycles. The van der Waals surface area contributed by atoms with E-state index in [1.54, 1.807) is 0 Å². The van der Waals surface area contributed by atoms with Crippen LogP contribution in [0.3, 0.4) is 0 Å². The molecule has 0 aromatic rings. The second-order valence-electron chi connectivity index (χ2n) is 3.02. The highest BCUT2D eigenvalue weighted by Gasteiger charge is 2.49. The van der Waals surface area contributed by atoms with E-state index in [4.69, 9.17) is 30.8 Å². The van der Waals surface area contributed by atoms with Gasteiger partial charge in [0.15, 0.2) is 0 Å². The van der Waals surface area contributed by atoms with Gasteiger partial charge in [-0.25, -0.2) is 4.89 Å². The number of aliphatic hydroxyl groups is 5. The van der Waals surface area contributed by atoms with Crippen molar-refractivity contribution in [1.82, 2.24) is 0 Å². The third-order valence-electron chi connectivity index (χ3n) is 2.19. The molecule has 0 heterocycles. The third-order valence-corrected chi connectivity index (χ3v) is 2.19. The fourth-order valence-corrected chi connectivity index (χ4v) is 1.32. The Labute approximate surface area is 73.4 Å². The maximum absolute atomic E-state index is 9.13. The first kappa shape index (κ1) is 10.8. The normalized spacial score (nSPS) is 52.2. The van der Waals surface area contributed by atoms with Crippen LogP contribution in [0.1, 0.15) is 0 Å². The van der Waals surface area contributed by atoms with E-state index in [2.05, 4.69) is 4.89 Å². The van der Waals surface area contributed by atoms with Crippen LogP contribution in [0.25, 0.3) is 0 Å². The molecule has 0 saturated heterocycles. The quantitative estimate of drug-likeness (QED) is 0.191. The van der Waals surface area contributed by atoms with Crippen LogP contribution in [0.4, 0.5) is 0 Å². The zero-order valence-corrected chi connectivity index (χ0v) is 6.56. The lowest BCUT2D eigenvalue weighted by Gasteiger charge is -2.39. The lowest BCUT2D eigenvalue weighted by Crippen LogP contribution is -2.64. The van der Waals surface area contributed by atoms with Gasteiger partial charge in [-0.2, -0.15) is 0 Å². The van der Waals surface area contributed by atoms with Crippen molar-refractivity contribution in [2.45, 2.75) is 36.6 Å². The molecule has 2 unspecified atom stereocenters. The predicted octanol–water partition coefficient (Wildman–Crippen LogP) is -3.34. The maximum Gasteiger partial charge on any atom is 0.149 e. The molecule has 7 nitrogen and oxygen atoms in total. The van der Waals surface area contributed by atoms with E-state index in [-0.39, 0.29) is 0 Å². The van der Waals surface area contributed by atoms with Crippen molar-refractivity contribution in [3.63, 3.8) is 0 Å². The fourth-order valence-electron chi connectivity index (χ4n) is 1.32. The Kier molecular flexibility index (Phi) is 3.19. The van der Waals surface area contributed by atoms with Crippen molar-refractivity contribution >= 4 is 0 Å². The highest BCUT2D eigenvalue weighted by atomic mass is 17.1. The summed E-state index contributed by atoms with van der Waals surface area (Å²) in [5.41, 5.74) is 0. The highest BCUT2D eigenvalue weighted by molar-refractivity contribution is 4.98. The average molecular weight is 196 g/mol. The van der Waals surface area contributed by atoms with Gasteiger partial charge in [0.05, 0.1) is 0 Å². The first-order valence-electron chi connectivity index (χ1n) is 3.71. The number of aliphatic hydroxyl groups excluding tert-OH is 5. The molecular formula is C6H12O7. The molecule has 0 aromatic carbocycles. The summed E-state index contributed by atoms with van der Waals surface area (Å²) in [4.78, 5) is 3.67. The third kappa shape index (κ3) is 1.67. The van der Waals surface area contributed by atoms with E-state index in [1.165, 1.54) is 0 Å². The molecule has 6 atom stereocenters. The summed E-state index contributed by atoms with van der Waals surface area (Å²) in [7, 11) is 0. The lowest BCUT2D eigenvalue weighted by atomic mass is 9.85. The maximum atomic E-state index is 9.13. The van der Waals surface area contributed by atoms with E-state index in [0.717, 1.165) is 0 Å². The van der Waals surface area contributed by atoms with Crippen LogP contribution in [0.5, 0.6) is 0 Å². The van der Waals surface area contributed by atoms with E-state index in [0.29, 0.717) is 0 Å². The Hall–Kier alpha value is -0.280. The topological polar surface area (TPSA) is 131 Å². The molecule has 7 heteroatoms. The summed E-state index contributed by atoms with van der Waals surface area (Å²) in [6, 6.07) is 0. The summed E-state index contributed by atoms with van der Waals surface area (Å²) >= 11 is 0. The Bertz CT molecular complexity index is 158. The molecule has 1 aliphatic rings. The molecule has 13 heavy (non-hydrogen) atoms. The molecular weight excluding hydrogens is 184 g/mol. The van der Waals surface area contributed by atoms with Crippen LogP contribution in [-0.4, -0.2) is 67.4 Å². The van der Waals surface area contributed by atoms with Crippen molar-refractivity contribution in [1.29, 1.82) is 0 Å². The molecule has 0 bridgehead atoms. The lowest BCUT2D eigenvalue weighted by molar-refractivity contribution is -0.348. The van der Waals surface area contributed by atoms with Crippen LogP contribution < -0.4 is 0 Å².